The van der Waals surface area contributed by atoms with Gasteiger partial charge < -0.3 is 5.32 Å². The average molecular weight is 279 g/mol. The molecule has 1 heterocycles. The summed E-state index contributed by atoms with van der Waals surface area (Å²) in [5.74, 6) is -0.717. The number of halogens is 2. The van der Waals surface area contributed by atoms with Gasteiger partial charge in [-0.3, -0.25) is 4.79 Å². The van der Waals surface area contributed by atoms with Crippen LogP contribution < -0.4 is 5.32 Å². The molecule has 98 valence electrons. The van der Waals surface area contributed by atoms with E-state index >= 15 is 0 Å². The van der Waals surface area contributed by atoms with Crippen LogP contribution in [0.2, 0.25) is 5.15 Å². The van der Waals surface area contributed by atoms with Gasteiger partial charge in [-0.05, 0) is 49.7 Å². The average Bonchev–Trinajstić information content (AvgIpc) is 2.30. The lowest BCUT2D eigenvalue weighted by molar-refractivity contribution is 0.102. The second-order valence-electron chi connectivity index (χ2n) is 4.21. The lowest BCUT2D eigenvalue weighted by Crippen LogP contribution is -2.15. The van der Waals surface area contributed by atoms with Crippen molar-refractivity contribution in [1.82, 2.24) is 4.98 Å². The van der Waals surface area contributed by atoms with Crippen LogP contribution in [-0.4, -0.2) is 10.9 Å². The van der Waals surface area contributed by atoms with Crippen molar-refractivity contribution in [3.63, 3.8) is 0 Å². The van der Waals surface area contributed by atoms with Gasteiger partial charge in [-0.1, -0.05) is 11.6 Å². The number of hydrogen-bond donors (Lipinski definition) is 1. The molecular formula is C14H12ClFN2O. The van der Waals surface area contributed by atoms with Gasteiger partial charge in [0.05, 0.1) is 5.56 Å². The molecule has 0 saturated carbocycles. The van der Waals surface area contributed by atoms with Gasteiger partial charge in [-0.2, -0.15) is 0 Å². The quantitative estimate of drug-likeness (QED) is 0.850. The van der Waals surface area contributed by atoms with Gasteiger partial charge in [0.15, 0.2) is 0 Å². The molecule has 5 heteroatoms. The van der Waals surface area contributed by atoms with Crippen LogP contribution in [-0.2, 0) is 0 Å². The summed E-state index contributed by atoms with van der Waals surface area (Å²) in [5.41, 5.74) is 2.33. The number of anilines is 1. The van der Waals surface area contributed by atoms with Crippen LogP contribution >= 0.6 is 11.6 Å². The van der Waals surface area contributed by atoms with Crippen molar-refractivity contribution in [2.45, 2.75) is 13.8 Å². The Bertz CT molecular complexity index is 603. The summed E-state index contributed by atoms with van der Waals surface area (Å²) in [6, 6.07) is 7.30. The number of aromatic nitrogens is 1. The van der Waals surface area contributed by atoms with Crippen LogP contribution in [0.4, 0.5) is 10.1 Å². The first-order valence-corrected chi connectivity index (χ1v) is 6.06. The topological polar surface area (TPSA) is 42.0 Å². The highest BCUT2D eigenvalue weighted by molar-refractivity contribution is 6.33. The Hall–Kier alpha value is -1.94. The molecule has 0 fully saturated rings. The zero-order valence-electron chi connectivity index (χ0n) is 10.5. The summed E-state index contributed by atoms with van der Waals surface area (Å²) in [4.78, 5) is 16.2. The van der Waals surface area contributed by atoms with Crippen molar-refractivity contribution >= 4 is 23.2 Å². The number of nitrogens with zero attached hydrogens (tertiary/aromatic N) is 1. The summed E-state index contributed by atoms with van der Waals surface area (Å²) in [6.07, 6.45) is 0. The van der Waals surface area contributed by atoms with Gasteiger partial charge in [0.25, 0.3) is 5.91 Å². The highest BCUT2D eigenvalue weighted by atomic mass is 35.5. The maximum Gasteiger partial charge on any atom is 0.259 e. The fraction of sp³-hybridized carbons (Fsp3) is 0.143. The zero-order chi connectivity index (χ0) is 14.0. The van der Waals surface area contributed by atoms with E-state index in [1.54, 1.807) is 19.9 Å². The molecule has 0 bridgehead atoms. The molecule has 0 aliphatic heterocycles. The number of pyridine rings is 1. The number of rotatable bonds is 2. The summed E-state index contributed by atoms with van der Waals surface area (Å²) < 4.78 is 12.8. The van der Waals surface area contributed by atoms with E-state index in [4.69, 9.17) is 11.6 Å². The number of aryl methyl sites for hydroxylation is 2. The van der Waals surface area contributed by atoms with Gasteiger partial charge in [-0.25, -0.2) is 9.37 Å². The largest absolute Gasteiger partial charge is 0.322 e. The first kappa shape index (κ1) is 13.5. The van der Waals surface area contributed by atoms with Gasteiger partial charge in [0, 0.05) is 11.4 Å². The molecule has 19 heavy (non-hydrogen) atoms. The van der Waals surface area contributed by atoms with Crippen molar-refractivity contribution in [2.75, 3.05) is 5.32 Å². The van der Waals surface area contributed by atoms with Crippen LogP contribution in [0.3, 0.4) is 0 Å². The Labute approximate surface area is 115 Å². The Balaban J connectivity index is 2.28. The minimum atomic E-state index is -0.360. The number of hydrogen-bond acceptors (Lipinski definition) is 2. The van der Waals surface area contributed by atoms with E-state index in [1.807, 2.05) is 0 Å². The van der Waals surface area contributed by atoms with Gasteiger partial charge in [-0.15, -0.1) is 0 Å². The molecule has 0 unspecified atom stereocenters. The normalized spacial score (nSPS) is 10.3. The predicted molar refractivity (Wildman–Crippen MR) is 73.1 cm³/mol. The smallest absolute Gasteiger partial charge is 0.259 e. The molecule has 2 rings (SSSR count). The fourth-order valence-electron chi connectivity index (χ4n) is 1.79. The summed E-state index contributed by atoms with van der Waals surface area (Å²) in [6.45, 7) is 3.60. The molecule has 2 aromatic rings. The highest BCUT2D eigenvalue weighted by Crippen LogP contribution is 2.20. The monoisotopic (exact) mass is 278 g/mol. The fourth-order valence-corrected chi connectivity index (χ4v) is 2.16. The number of benzene rings is 1. The van der Waals surface area contributed by atoms with Crippen LogP contribution in [0.5, 0.6) is 0 Å². The van der Waals surface area contributed by atoms with E-state index in [0.717, 1.165) is 11.3 Å². The summed E-state index contributed by atoms with van der Waals surface area (Å²) >= 11 is 5.99. The third-order valence-electron chi connectivity index (χ3n) is 2.63. The van der Waals surface area contributed by atoms with Crippen LogP contribution in [0, 0.1) is 19.7 Å². The maximum absolute atomic E-state index is 12.8. The second kappa shape index (κ2) is 5.36. The van der Waals surface area contributed by atoms with E-state index in [1.165, 1.54) is 24.3 Å². The molecule has 1 aromatic carbocycles. The van der Waals surface area contributed by atoms with Crippen molar-refractivity contribution in [2.24, 2.45) is 0 Å². The van der Waals surface area contributed by atoms with Gasteiger partial charge >= 0.3 is 0 Å². The first-order chi connectivity index (χ1) is 8.97. The highest BCUT2D eigenvalue weighted by Gasteiger charge is 2.15. The predicted octanol–water partition coefficient (Wildman–Crippen LogP) is 3.74. The van der Waals surface area contributed by atoms with E-state index in [0.29, 0.717) is 11.3 Å². The van der Waals surface area contributed by atoms with E-state index in [2.05, 4.69) is 10.3 Å². The molecule has 0 aliphatic rings. The van der Waals surface area contributed by atoms with E-state index < -0.39 is 0 Å². The molecule has 1 amide bonds. The third kappa shape index (κ3) is 3.09. The molecule has 0 atom stereocenters. The lowest BCUT2D eigenvalue weighted by atomic mass is 10.1. The summed E-state index contributed by atoms with van der Waals surface area (Å²) in [7, 11) is 0. The van der Waals surface area contributed by atoms with Gasteiger partial charge in [0.1, 0.15) is 11.0 Å². The van der Waals surface area contributed by atoms with Crippen molar-refractivity contribution in [3.8, 4) is 0 Å². The van der Waals surface area contributed by atoms with Crippen molar-refractivity contribution < 1.29 is 9.18 Å². The number of carbonyl (C=O) groups excluding carboxylic acids is 1. The minimum Gasteiger partial charge on any atom is -0.322 e. The van der Waals surface area contributed by atoms with Crippen molar-refractivity contribution in [3.05, 3.63) is 58.1 Å². The Kier molecular flexibility index (Phi) is 3.81. The molecular weight excluding hydrogens is 267 g/mol. The number of nitrogens with one attached hydrogen (secondary N) is 1. The Morgan fingerprint density at radius 2 is 1.89 bits per heavy atom. The Morgan fingerprint density at radius 1 is 1.26 bits per heavy atom. The first-order valence-electron chi connectivity index (χ1n) is 5.68. The molecule has 0 spiro atoms. The lowest BCUT2D eigenvalue weighted by Gasteiger charge is -2.09. The molecule has 1 aromatic heterocycles. The maximum atomic E-state index is 12.8. The summed E-state index contributed by atoms with van der Waals surface area (Å²) in [5, 5.41) is 2.82. The van der Waals surface area contributed by atoms with E-state index in [9.17, 15) is 9.18 Å². The molecule has 3 nitrogen and oxygen atoms in total. The minimum absolute atomic E-state index is 0.164. The van der Waals surface area contributed by atoms with Crippen LogP contribution in [0.15, 0.2) is 30.3 Å². The van der Waals surface area contributed by atoms with Crippen LogP contribution in [0.1, 0.15) is 21.6 Å². The van der Waals surface area contributed by atoms with Crippen LogP contribution in [0.25, 0.3) is 0 Å². The SMILES string of the molecule is Cc1cc(C)c(C(=O)Nc2ccc(F)cc2)c(Cl)n1. The second-order valence-corrected chi connectivity index (χ2v) is 4.57. The number of carbonyl (C=O) groups is 1. The number of amides is 1. The van der Waals surface area contributed by atoms with Gasteiger partial charge in [0.2, 0.25) is 0 Å². The third-order valence-corrected chi connectivity index (χ3v) is 2.90. The Morgan fingerprint density at radius 3 is 2.47 bits per heavy atom. The zero-order valence-corrected chi connectivity index (χ0v) is 11.3. The molecule has 0 saturated heterocycles. The van der Waals surface area contributed by atoms with Crippen molar-refractivity contribution in [1.29, 1.82) is 0 Å². The standard InChI is InChI=1S/C14H12ClFN2O/c1-8-7-9(2)17-13(15)12(8)14(19)18-11-5-3-10(16)4-6-11/h3-7H,1-2H3,(H,18,19). The molecule has 0 aliphatic carbocycles. The van der Waals surface area contributed by atoms with E-state index in [-0.39, 0.29) is 16.9 Å². The molecule has 1 N–H and O–H groups in total. The molecule has 0 radical (unpaired) electrons.